The second-order valence-electron chi connectivity index (χ2n) is 7.83. The minimum Gasteiger partial charge on any atom is -0.348 e. The molecule has 0 atom stereocenters. The van der Waals surface area contributed by atoms with Crippen LogP contribution in [0.2, 0.25) is 0 Å². The predicted molar refractivity (Wildman–Crippen MR) is 101 cm³/mol. The molecule has 0 saturated carbocycles. The SMILES string of the molecule is Cc1csc(N2CCC(c3nnc4ccc(C(C)(C)C)nn34)CC2)n1. The summed E-state index contributed by atoms with van der Waals surface area (Å²) in [7, 11) is 0. The molecule has 0 aliphatic carbocycles. The zero-order valence-corrected chi connectivity index (χ0v) is 16.0. The maximum absolute atomic E-state index is 4.83. The Balaban J connectivity index is 1.56. The summed E-state index contributed by atoms with van der Waals surface area (Å²) in [6, 6.07) is 4.08. The van der Waals surface area contributed by atoms with Crippen molar-refractivity contribution in [3.8, 4) is 0 Å². The molecule has 0 unspecified atom stereocenters. The molecule has 4 heterocycles. The quantitative estimate of drug-likeness (QED) is 0.702. The van der Waals surface area contributed by atoms with Crippen LogP contribution in [0.3, 0.4) is 0 Å². The van der Waals surface area contributed by atoms with E-state index in [0.717, 1.165) is 53.9 Å². The Labute approximate surface area is 151 Å². The fourth-order valence-corrected chi connectivity index (χ4v) is 4.13. The van der Waals surface area contributed by atoms with Crippen LogP contribution in [0, 0.1) is 6.92 Å². The Kier molecular flexibility index (Phi) is 3.98. The van der Waals surface area contributed by atoms with Gasteiger partial charge >= 0.3 is 0 Å². The van der Waals surface area contributed by atoms with E-state index in [4.69, 9.17) is 5.10 Å². The molecule has 1 fully saturated rings. The van der Waals surface area contributed by atoms with E-state index < -0.39 is 0 Å². The van der Waals surface area contributed by atoms with Crippen molar-refractivity contribution in [3.63, 3.8) is 0 Å². The van der Waals surface area contributed by atoms with Crippen molar-refractivity contribution in [2.75, 3.05) is 18.0 Å². The third kappa shape index (κ3) is 3.13. The van der Waals surface area contributed by atoms with E-state index in [9.17, 15) is 0 Å². The minimum absolute atomic E-state index is 0.0157. The Hall–Kier alpha value is -2.02. The van der Waals surface area contributed by atoms with Gasteiger partial charge in [0.2, 0.25) is 0 Å². The van der Waals surface area contributed by atoms with Crippen LogP contribution in [0.15, 0.2) is 17.5 Å². The highest BCUT2D eigenvalue weighted by molar-refractivity contribution is 7.13. The molecular formula is C18H24N6S. The molecule has 132 valence electrons. The van der Waals surface area contributed by atoms with Crippen molar-refractivity contribution in [2.45, 2.75) is 51.9 Å². The fraction of sp³-hybridized carbons (Fsp3) is 0.556. The van der Waals surface area contributed by atoms with Gasteiger partial charge in [-0.2, -0.15) is 9.61 Å². The highest BCUT2D eigenvalue weighted by atomic mass is 32.1. The lowest BCUT2D eigenvalue weighted by Gasteiger charge is -2.30. The molecule has 1 aliphatic heterocycles. The predicted octanol–water partition coefficient (Wildman–Crippen LogP) is 3.57. The van der Waals surface area contributed by atoms with Crippen LogP contribution in [0.4, 0.5) is 5.13 Å². The number of hydrogen-bond donors (Lipinski definition) is 0. The topological polar surface area (TPSA) is 59.2 Å². The van der Waals surface area contributed by atoms with Gasteiger partial charge in [-0.1, -0.05) is 20.8 Å². The van der Waals surface area contributed by atoms with Gasteiger partial charge in [0.25, 0.3) is 0 Å². The highest BCUT2D eigenvalue weighted by Crippen LogP contribution is 2.31. The standard InChI is InChI=1S/C18H24N6S/c1-12-11-25-17(19-12)23-9-7-13(8-10-23)16-21-20-15-6-5-14(18(2,3)4)22-24(15)16/h5-6,11,13H,7-10H2,1-4H3. The van der Waals surface area contributed by atoms with Crippen molar-refractivity contribution < 1.29 is 0 Å². The largest absolute Gasteiger partial charge is 0.348 e. The highest BCUT2D eigenvalue weighted by Gasteiger charge is 2.27. The number of fused-ring (bicyclic) bond motifs is 1. The number of aromatic nitrogens is 5. The molecule has 3 aromatic heterocycles. The molecule has 3 aromatic rings. The number of piperidine rings is 1. The third-order valence-electron chi connectivity index (χ3n) is 4.79. The number of nitrogens with zero attached hydrogens (tertiary/aromatic N) is 6. The van der Waals surface area contributed by atoms with Crippen LogP contribution in [-0.4, -0.2) is 37.9 Å². The summed E-state index contributed by atoms with van der Waals surface area (Å²) >= 11 is 1.73. The zero-order chi connectivity index (χ0) is 17.6. The van der Waals surface area contributed by atoms with Gasteiger partial charge in [-0.05, 0) is 31.9 Å². The number of hydrogen-bond acceptors (Lipinski definition) is 6. The van der Waals surface area contributed by atoms with E-state index in [0.29, 0.717) is 5.92 Å². The molecule has 0 aromatic carbocycles. The summed E-state index contributed by atoms with van der Waals surface area (Å²) in [6.07, 6.45) is 2.11. The normalized spacial score (nSPS) is 16.7. The summed E-state index contributed by atoms with van der Waals surface area (Å²) in [5.41, 5.74) is 3.02. The lowest BCUT2D eigenvalue weighted by Crippen LogP contribution is -2.33. The Morgan fingerprint density at radius 3 is 2.52 bits per heavy atom. The first-order valence-electron chi connectivity index (χ1n) is 8.82. The molecule has 25 heavy (non-hydrogen) atoms. The van der Waals surface area contributed by atoms with Gasteiger partial charge in [-0.15, -0.1) is 21.5 Å². The summed E-state index contributed by atoms with van der Waals surface area (Å²) in [4.78, 5) is 6.99. The summed E-state index contributed by atoms with van der Waals surface area (Å²) in [6.45, 7) is 10.6. The van der Waals surface area contributed by atoms with E-state index in [1.165, 1.54) is 0 Å². The fourth-order valence-electron chi connectivity index (χ4n) is 3.28. The molecule has 0 radical (unpaired) electrons. The van der Waals surface area contributed by atoms with Crippen LogP contribution in [0.25, 0.3) is 5.65 Å². The van der Waals surface area contributed by atoms with Crippen molar-refractivity contribution in [2.24, 2.45) is 0 Å². The molecule has 6 nitrogen and oxygen atoms in total. The smallest absolute Gasteiger partial charge is 0.185 e. The van der Waals surface area contributed by atoms with Crippen LogP contribution in [-0.2, 0) is 5.41 Å². The Morgan fingerprint density at radius 2 is 1.88 bits per heavy atom. The van der Waals surface area contributed by atoms with Crippen molar-refractivity contribution in [1.29, 1.82) is 0 Å². The second-order valence-corrected chi connectivity index (χ2v) is 8.67. The lowest BCUT2D eigenvalue weighted by atomic mass is 9.92. The summed E-state index contributed by atoms with van der Waals surface area (Å²) in [5, 5.41) is 16.9. The average molecular weight is 356 g/mol. The molecule has 1 saturated heterocycles. The van der Waals surface area contributed by atoms with E-state index in [1.807, 2.05) is 17.5 Å². The first kappa shape index (κ1) is 16.4. The minimum atomic E-state index is 0.0157. The molecule has 7 heteroatoms. The van der Waals surface area contributed by atoms with Gasteiger partial charge in [0.05, 0.1) is 11.4 Å². The number of anilines is 1. The lowest BCUT2D eigenvalue weighted by molar-refractivity contribution is 0.472. The number of rotatable bonds is 2. The van der Waals surface area contributed by atoms with E-state index in [2.05, 4.69) is 52.3 Å². The van der Waals surface area contributed by atoms with E-state index in [-0.39, 0.29) is 5.41 Å². The molecular weight excluding hydrogens is 332 g/mol. The summed E-state index contributed by atoms with van der Waals surface area (Å²) in [5.74, 6) is 1.39. The number of aryl methyl sites for hydroxylation is 1. The van der Waals surface area contributed by atoms with Gasteiger partial charge < -0.3 is 4.90 Å². The average Bonchev–Trinajstić information content (AvgIpc) is 3.20. The zero-order valence-electron chi connectivity index (χ0n) is 15.2. The second kappa shape index (κ2) is 6.05. The van der Waals surface area contributed by atoms with Gasteiger partial charge in [-0.25, -0.2) is 4.98 Å². The first-order chi connectivity index (χ1) is 11.9. The molecule has 0 spiro atoms. The molecule has 4 rings (SSSR count). The Bertz CT molecular complexity index is 882. The van der Waals surface area contributed by atoms with Crippen molar-refractivity contribution in [3.05, 3.63) is 34.7 Å². The van der Waals surface area contributed by atoms with E-state index >= 15 is 0 Å². The molecule has 0 bridgehead atoms. The van der Waals surface area contributed by atoms with Crippen LogP contribution >= 0.6 is 11.3 Å². The van der Waals surface area contributed by atoms with Crippen molar-refractivity contribution >= 4 is 22.1 Å². The van der Waals surface area contributed by atoms with Crippen LogP contribution in [0.1, 0.15) is 56.7 Å². The van der Waals surface area contributed by atoms with Crippen LogP contribution in [0.5, 0.6) is 0 Å². The van der Waals surface area contributed by atoms with Crippen molar-refractivity contribution in [1.82, 2.24) is 24.8 Å². The Morgan fingerprint density at radius 1 is 1.12 bits per heavy atom. The maximum Gasteiger partial charge on any atom is 0.185 e. The molecule has 0 amide bonds. The molecule has 0 N–H and O–H groups in total. The maximum atomic E-state index is 4.83. The van der Waals surface area contributed by atoms with Gasteiger partial charge in [0.1, 0.15) is 0 Å². The first-order valence-corrected chi connectivity index (χ1v) is 9.70. The van der Waals surface area contributed by atoms with Gasteiger partial charge in [-0.3, -0.25) is 0 Å². The van der Waals surface area contributed by atoms with Crippen LogP contribution < -0.4 is 4.90 Å². The number of thiazole rings is 1. The van der Waals surface area contributed by atoms with Gasteiger partial charge in [0, 0.05) is 29.8 Å². The van der Waals surface area contributed by atoms with Gasteiger partial charge in [0.15, 0.2) is 16.6 Å². The summed E-state index contributed by atoms with van der Waals surface area (Å²) < 4.78 is 1.95. The third-order valence-corrected chi connectivity index (χ3v) is 5.81. The molecule has 1 aliphatic rings. The van der Waals surface area contributed by atoms with E-state index in [1.54, 1.807) is 11.3 Å². The monoisotopic (exact) mass is 356 g/mol.